The predicted octanol–water partition coefficient (Wildman–Crippen LogP) is 1.27. The lowest BCUT2D eigenvalue weighted by atomic mass is 9.99. The first-order valence-electron chi connectivity index (χ1n) is 19.6. The molecule has 6 rings (SSSR count). The number of hydrogen-bond donors (Lipinski definition) is 5. The first-order chi connectivity index (χ1) is 27.6. The Bertz CT molecular complexity index is 1910. The van der Waals surface area contributed by atoms with Crippen LogP contribution < -0.4 is 21.3 Å². The van der Waals surface area contributed by atoms with Gasteiger partial charge >= 0.3 is 12.0 Å². The van der Waals surface area contributed by atoms with E-state index >= 15 is 0 Å². The van der Waals surface area contributed by atoms with Crippen molar-refractivity contribution in [2.45, 2.75) is 114 Å². The van der Waals surface area contributed by atoms with Crippen LogP contribution in [-0.4, -0.2) is 129 Å². The van der Waals surface area contributed by atoms with Gasteiger partial charge < -0.3 is 45.8 Å². The third-order valence-electron chi connectivity index (χ3n) is 11.1. The summed E-state index contributed by atoms with van der Waals surface area (Å²) >= 11 is 0. The number of amides is 7. The Kier molecular flexibility index (Phi) is 12.9. The fourth-order valence-corrected chi connectivity index (χ4v) is 8.13. The average molecular weight is 810 g/mol. The maximum Gasteiger partial charge on any atom is 0.329 e. The lowest BCUT2D eigenvalue weighted by Gasteiger charge is -2.39. The number of piperidine rings is 1. The van der Waals surface area contributed by atoms with Crippen LogP contribution in [-0.2, 0) is 39.9 Å². The molecule has 0 aliphatic carbocycles. The van der Waals surface area contributed by atoms with Crippen LogP contribution in [0.2, 0.25) is 0 Å². The van der Waals surface area contributed by atoms with Crippen LogP contribution in [0.5, 0.6) is 0 Å². The fraction of sp³-hybridized carbons (Fsp3) is 0.525. The Hall–Kier alpha value is -5.65. The number of nitrogens with zero attached hydrogens (tertiary/aromatic N) is 3. The predicted molar refractivity (Wildman–Crippen MR) is 202 cm³/mol. The molecule has 4 saturated heterocycles. The number of rotatable bonds is 6. The van der Waals surface area contributed by atoms with Gasteiger partial charge in [0.25, 0.3) is 0 Å². The number of nitrogens with one attached hydrogen (secondary N) is 4. The van der Waals surface area contributed by atoms with E-state index in [1.807, 2.05) is 6.92 Å². The highest BCUT2D eigenvalue weighted by Gasteiger charge is 2.47. The molecule has 2 aromatic carbocycles. The lowest BCUT2D eigenvalue weighted by Crippen LogP contribution is -2.63. The highest BCUT2D eigenvalue weighted by Crippen LogP contribution is 2.28. The summed E-state index contributed by atoms with van der Waals surface area (Å²) in [6, 6.07) is 0.882. The number of aryl methyl sites for hydroxylation is 1. The number of hydrogen-bond acceptors (Lipinski definition) is 9. The summed E-state index contributed by atoms with van der Waals surface area (Å²) in [5, 5.41) is 20.9. The highest BCUT2D eigenvalue weighted by molar-refractivity contribution is 5.98. The van der Waals surface area contributed by atoms with Gasteiger partial charge in [-0.25, -0.2) is 18.4 Å². The average Bonchev–Trinajstić information content (AvgIpc) is 3.83. The Morgan fingerprint density at radius 3 is 2.22 bits per heavy atom. The van der Waals surface area contributed by atoms with Crippen LogP contribution >= 0.6 is 0 Å². The molecule has 0 bridgehead atoms. The number of anilines is 1. The minimum Gasteiger partial charge on any atom is -0.458 e. The maximum atomic E-state index is 14.6. The minimum absolute atomic E-state index is 0.00110. The van der Waals surface area contributed by atoms with Gasteiger partial charge in [0.1, 0.15) is 54.0 Å². The van der Waals surface area contributed by atoms with Gasteiger partial charge in [-0.15, -0.1) is 0 Å². The molecule has 5 N–H and O–H groups in total. The SMILES string of the molecule is Cc1ccc(NC(=O)N[C@@H](Cc2cc(F)cc(F)c2)C(=O)N[C@@H]2C(=O)N3CCC[C@H]3C(=O)N3CCCC[C@H]3C(=O)N[C@@H](C)C(=O)N3C[C@@H](O)C[C@H]3C(=O)O[C@H]2C)cc1. The van der Waals surface area contributed by atoms with Gasteiger partial charge in [-0.2, -0.15) is 0 Å². The molecular formula is C40H49F2N7O9. The normalized spacial score (nSPS) is 27.5. The first kappa shape index (κ1) is 42.0. The van der Waals surface area contributed by atoms with E-state index in [1.165, 1.54) is 23.6 Å². The van der Waals surface area contributed by atoms with Gasteiger partial charge in [-0.3, -0.25) is 24.0 Å². The summed E-state index contributed by atoms with van der Waals surface area (Å²) < 4.78 is 34.4. The Morgan fingerprint density at radius 1 is 0.862 bits per heavy atom. The van der Waals surface area contributed by atoms with E-state index < -0.39 is 108 Å². The van der Waals surface area contributed by atoms with Gasteiger partial charge in [0.2, 0.25) is 29.5 Å². The minimum atomic E-state index is -1.68. The second-order valence-corrected chi connectivity index (χ2v) is 15.5. The molecule has 4 heterocycles. The molecule has 312 valence electrons. The maximum absolute atomic E-state index is 14.6. The third kappa shape index (κ3) is 9.54. The molecule has 0 unspecified atom stereocenters. The number of halogens is 2. The molecule has 0 radical (unpaired) electrons. The Labute approximate surface area is 334 Å². The molecule has 4 aliphatic heterocycles. The van der Waals surface area contributed by atoms with Gasteiger partial charge in [-0.05, 0) is 82.7 Å². The van der Waals surface area contributed by atoms with E-state index in [1.54, 1.807) is 24.3 Å². The number of aliphatic hydroxyl groups is 1. The number of benzene rings is 2. The van der Waals surface area contributed by atoms with Gasteiger partial charge in [0, 0.05) is 44.2 Å². The van der Waals surface area contributed by atoms with Crippen LogP contribution in [0.15, 0.2) is 42.5 Å². The Morgan fingerprint density at radius 2 is 1.52 bits per heavy atom. The Balaban J connectivity index is 1.34. The summed E-state index contributed by atoms with van der Waals surface area (Å²) in [6.45, 7) is 4.71. The molecule has 16 nitrogen and oxygen atoms in total. The number of aliphatic hydroxyl groups excluding tert-OH is 1. The van der Waals surface area contributed by atoms with Crippen LogP contribution in [0.4, 0.5) is 19.3 Å². The number of carbonyl (C=O) groups excluding carboxylic acids is 7. The fourth-order valence-electron chi connectivity index (χ4n) is 8.13. The molecule has 2 aromatic rings. The highest BCUT2D eigenvalue weighted by atomic mass is 19.1. The van der Waals surface area contributed by atoms with E-state index in [9.17, 15) is 47.4 Å². The van der Waals surface area contributed by atoms with Gasteiger partial charge in [0.15, 0.2) is 0 Å². The second kappa shape index (κ2) is 17.9. The van der Waals surface area contributed by atoms with Crippen molar-refractivity contribution in [3.63, 3.8) is 0 Å². The summed E-state index contributed by atoms with van der Waals surface area (Å²) in [7, 11) is 0. The van der Waals surface area contributed by atoms with Crippen molar-refractivity contribution >= 4 is 47.2 Å². The van der Waals surface area contributed by atoms with Crippen molar-refractivity contribution < 1.29 is 52.2 Å². The molecule has 4 fully saturated rings. The summed E-state index contributed by atoms with van der Waals surface area (Å²) in [5.41, 5.74) is 1.30. The largest absolute Gasteiger partial charge is 0.458 e. The van der Waals surface area contributed by atoms with E-state index in [0.717, 1.165) is 22.6 Å². The van der Waals surface area contributed by atoms with Crippen molar-refractivity contribution in [2.24, 2.45) is 0 Å². The summed E-state index contributed by atoms with van der Waals surface area (Å²) in [6.07, 6.45) is -1.01. The quantitative estimate of drug-likeness (QED) is 0.266. The van der Waals surface area contributed by atoms with Crippen LogP contribution in [0.1, 0.15) is 63.5 Å². The van der Waals surface area contributed by atoms with Gasteiger partial charge in [-0.1, -0.05) is 17.7 Å². The van der Waals surface area contributed by atoms with E-state index in [4.69, 9.17) is 4.74 Å². The van der Waals surface area contributed by atoms with Gasteiger partial charge in [0.05, 0.1) is 6.10 Å². The first-order valence-corrected chi connectivity index (χ1v) is 19.6. The molecule has 0 saturated carbocycles. The monoisotopic (exact) mass is 809 g/mol. The number of carbonyl (C=O) groups is 7. The van der Waals surface area contributed by atoms with Crippen molar-refractivity contribution in [3.8, 4) is 0 Å². The smallest absolute Gasteiger partial charge is 0.329 e. The summed E-state index contributed by atoms with van der Waals surface area (Å²) in [5.74, 6) is -6.38. The van der Waals surface area contributed by atoms with Crippen LogP contribution in [0.25, 0.3) is 0 Å². The molecule has 0 aromatic heterocycles. The third-order valence-corrected chi connectivity index (χ3v) is 11.1. The van der Waals surface area contributed by atoms with E-state index in [-0.39, 0.29) is 38.0 Å². The van der Waals surface area contributed by atoms with E-state index in [0.29, 0.717) is 37.4 Å². The number of esters is 1. The molecule has 4 aliphatic rings. The number of fused-ring (bicyclic) bond motifs is 3. The van der Waals surface area contributed by atoms with Crippen LogP contribution in [0, 0.1) is 18.6 Å². The van der Waals surface area contributed by atoms with E-state index in [2.05, 4.69) is 21.3 Å². The number of cyclic esters (lactones) is 1. The second-order valence-electron chi connectivity index (χ2n) is 15.5. The van der Waals surface area contributed by atoms with Crippen molar-refractivity contribution in [1.29, 1.82) is 0 Å². The number of ether oxygens (including phenoxy) is 1. The lowest BCUT2D eigenvalue weighted by molar-refractivity contribution is -0.163. The van der Waals surface area contributed by atoms with Crippen molar-refractivity contribution in [2.75, 3.05) is 25.0 Å². The molecule has 18 heteroatoms. The zero-order valence-electron chi connectivity index (χ0n) is 32.5. The standard InChI is InChI=1S/C40H49F2N7O9/c1-21-9-11-27(12-10-21)44-40(57)45-29(17-24-15-25(41)18-26(42)16-24)34(51)46-33-23(3)58-39(56)32-19-28(50)20-49(32)36(53)22(2)43-35(52)30-7-4-5-13-47(30)37(54)31-8-6-14-48(31)38(33)55/h9-12,15-16,18,22-23,28-33,50H,4-8,13-14,17,19-20H2,1-3H3,(H,43,52)(H,46,51)(H2,44,45,57)/t22-,23-,28-,29-,30-,31-,32-,33-/m0/s1. The summed E-state index contributed by atoms with van der Waals surface area (Å²) in [4.78, 5) is 101. The topological polar surface area (TPSA) is 207 Å². The molecular weight excluding hydrogens is 760 g/mol. The van der Waals surface area contributed by atoms with Crippen molar-refractivity contribution in [3.05, 3.63) is 65.2 Å². The van der Waals surface area contributed by atoms with Crippen molar-refractivity contribution in [1.82, 2.24) is 30.7 Å². The molecule has 8 atom stereocenters. The zero-order chi connectivity index (χ0) is 41.8. The zero-order valence-corrected chi connectivity index (χ0v) is 32.5. The number of urea groups is 1. The molecule has 58 heavy (non-hydrogen) atoms. The molecule has 0 spiro atoms. The molecule has 7 amide bonds. The van der Waals surface area contributed by atoms with Crippen LogP contribution in [0.3, 0.4) is 0 Å².